The fourth-order valence-corrected chi connectivity index (χ4v) is 2.48. The first-order chi connectivity index (χ1) is 10.1. The van der Waals surface area contributed by atoms with Crippen LogP contribution in [0.3, 0.4) is 0 Å². The standard InChI is InChI=1S/C15H20BrN5/c1-3-5-13-19-14(9-15(20-13)21-17)18-10(2)11-6-4-7-12(16)8-11/h4,6-10H,3,5,17H2,1-2H3,(H2,18,19,20,21). The van der Waals surface area contributed by atoms with Crippen molar-refractivity contribution >= 4 is 27.6 Å². The van der Waals surface area contributed by atoms with Gasteiger partial charge in [0.2, 0.25) is 0 Å². The fourth-order valence-electron chi connectivity index (χ4n) is 2.06. The number of benzene rings is 1. The zero-order valence-corrected chi connectivity index (χ0v) is 13.8. The molecule has 2 rings (SSSR count). The number of halogens is 1. The molecule has 21 heavy (non-hydrogen) atoms. The number of hydrogen-bond acceptors (Lipinski definition) is 5. The van der Waals surface area contributed by atoms with Gasteiger partial charge in [-0.2, -0.15) is 0 Å². The first kappa shape index (κ1) is 15.7. The highest BCUT2D eigenvalue weighted by Crippen LogP contribution is 2.22. The van der Waals surface area contributed by atoms with Gasteiger partial charge < -0.3 is 10.7 Å². The molecule has 4 N–H and O–H groups in total. The number of nitrogens with zero attached hydrogens (tertiary/aromatic N) is 2. The number of anilines is 2. The van der Waals surface area contributed by atoms with Gasteiger partial charge in [0.15, 0.2) is 0 Å². The third kappa shape index (κ3) is 4.41. The third-order valence-corrected chi connectivity index (χ3v) is 3.60. The zero-order valence-electron chi connectivity index (χ0n) is 12.2. The largest absolute Gasteiger partial charge is 0.363 e. The minimum Gasteiger partial charge on any atom is -0.363 e. The molecule has 0 aliphatic heterocycles. The summed E-state index contributed by atoms with van der Waals surface area (Å²) in [6.07, 6.45) is 1.82. The van der Waals surface area contributed by atoms with E-state index in [0.29, 0.717) is 5.82 Å². The molecule has 0 aliphatic rings. The maximum absolute atomic E-state index is 5.47. The Morgan fingerprint density at radius 3 is 2.67 bits per heavy atom. The summed E-state index contributed by atoms with van der Waals surface area (Å²) in [5, 5.41) is 3.39. The van der Waals surface area contributed by atoms with E-state index in [-0.39, 0.29) is 6.04 Å². The summed E-state index contributed by atoms with van der Waals surface area (Å²) in [6.45, 7) is 4.20. The molecule has 2 aromatic rings. The first-order valence-electron chi connectivity index (χ1n) is 6.99. The van der Waals surface area contributed by atoms with E-state index in [1.807, 2.05) is 18.2 Å². The molecule has 1 aromatic carbocycles. The van der Waals surface area contributed by atoms with Crippen LogP contribution >= 0.6 is 15.9 Å². The quantitative estimate of drug-likeness (QED) is 0.548. The van der Waals surface area contributed by atoms with Crippen LogP contribution in [0.15, 0.2) is 34.8 Å². The van der Waals surface area contributed by atoms with Crippen molar-refractivity contribution in [2.24, 2.45) is 5.84 Å². The van der Waals surface area contributed by atoms with Crippen molar-refractivity contribution in [1.82, 2.24) is 9.97 Å². The molecule has 0 bridgehead atoms. The Balaban J connectivity index is 2.19. The van der Waals surface area contributed by atoms with Gasteiger partial charge in [-0.25, -0.2) is 15.8 Å². The smallest absolute Gasteiger partial charge is 0.145 e. The van der Waals surface area contributed by atoms with E-state index in [4.69, 9.17) is 5.84 Å². The zero-order chi connectivity index (χ0) is 15.2. The number of rotatable bonds is 6. The third-order valence-electron chi connectivity index (χ3n) is 3.11. The number of hydrazine groups is 1. The number of aryl methyl sites for hydroxylation is 1. The van der Waals surface area contributed by atoms with Gasteiger partial charge in [-0.15, -0.1) is 0 Å². The Kier molecular flexibility index (Phi) is 5.52. The monoisotopic (exact) mass is 349 g/mol. The lowest BCUT2D eigenvalue weighted by molar-refractivity contribution is 0.819. The molecule has 1 aromatic heterocycles. The molecule has 0 fully saturated rings. The molecule has 0 aliphatic carbocycles. The van der Waals surface area contributed by atoms with Gasteiger partial charge in [0.1, 0.15) is 17.5 Å². The SMILES string of the molecule is CCCc1nc(NN)cc(NC(C)c2cccc(Br)c2)n1. The lowest BCUT2D eigenvalue weighted by Gasteiger charge is -2.16. The van der Waals surface area contributed by atoms with Gasteiger partial charge in [-0.05, 0) is 31.0 Å². The highest BCUT2D eigenvalue weighted by molar-refractivity contribution is 9.10. The molecular formula is C15H20BrN5. The fraction of sp³-hybridized carbons (Fsp3) is 0.333. The number of aromatic nitrogens is 2. The molecule has 0 radical (unpaired) electrons. The molecule has 5 nitrogen and oxygen atoms in total. The molecule has 1 atom stereocenters. The molecule has 6 heteroatoms. The van der Waals surface area contributed by atoms with Crippen LogP contribution in [0.2, 0.25) is 0 Å². The van der Waals surface area contributed by atoms with Crippen molar-refractivity contribution in [2.75, 3.05) is 10.7 Å². The number of nitrogens with two attached hydrogens (primary N) is 1. The van der Waals surface area contributed by atoms with Crippen molar-refractivity contribution < 1.29 is 0 Å². The van der Waals surface area contributed by atoms with E-state index in [9.17, 15) is 0 Å². The minimum absolute atomic E-state index is 0.137. The molecule has 1 heterocycles. The van der Waals surface area contributed by atoms with E-state index in [1.165, 1.54) is 5.56 Å². The van der Waals surface area contributed by atoms with Crippen LogP contribution in [-0.4, -0.2) is 9.97 Å². The number of nitrogen functional groups attached to an aromatic ring is 1. The van der Waals surface area contributed by atoms with Crippen LogP contribution in [-0.2, 0) is 6.42 Å². The minimum atomic E-state index is 0.137. The molecule has 0 spiro atoms. The second-order valence-corrected chi connectivity index (χ2v) is 5.79. The van der Waals surface area contributed by atoms with Crippen LogP contribution in [0.25, 0.3) is 0 Å². The van der Waals surface area contributed by atoms with Crippen molar-refractivity contribution in [3.8, 4) is 0 Å². The summed E-state index contributed by atoms with van der Waals surface area (Å²) in [7, 11) is 0. The van der Waals surface area contributed by atoms with Crippen molar-refractivity contribution in [2.45, 2.75) is 32.7 Å². The Bertz CT molecular complexity index is 602. The number of nitrogens with one attached hydrogen (secondary N) is 2. The molecule has 0 saturated heterocycles. The second kappa shape index (κ2) is 7.38. The maximum Gasteiger partial charge on any atom is 0.145 e. The van der Waals surface area contributed by atoms with Crippen molar-refractivity contribution in [3.63, 3.8) is 0 Å². The Morgan fingerprint density at radius 2 is 2.00 bits per heavy atom. The summed E-state index contributed by atoms with van der Waals surface area (Å²) in [5.74, 6) is 7.65. The van der Waals surface area contributed by atoms with Gasteiger partial charge in [-0.1, -0.05) is 35.0 Å². The normalized spacial score (nSPS) is 12.0. The molecule has 112 valence electrons. The summed E-state index contributed by atoms with van der Waals surface area (Å²) >= 11 is 3.49. The number of hydrogen-bond donors (Lipinski definition) is 3. The highest BCUT2D eigenvalue weighted by atomic mass is 79.9. The maximum atomic E-state index is 5.47. The van der Waals surface area contributed by atoms with E-state index in [1.54, 1.807) is 0 Å². The van der Waals surface area contributed by atoms with Crippen LogP contribution in [0.1, 0.15) is 37.7 Å². The van der Waals surface area contributed by atoms with Gasteiger partial charge in [0.05, 0.1) is 0 Å². The van der Waals surface area contributed by atoms with Crippen LogP contribution < -0.4 is 16.6 Å². The topological polar surface area (TPSA) is 75.9 Å². The molecule has 0 saturated carbocycles. The summed E-state index contributed by atoms with van der Waals surface area (Å²) in [4.78, 5) is 8.87. The second-order valence-electron chi connectivity index (χ2n) is 4.87. The Morgan fingerprint density at radius 1 is 1.24 bits per heavy atom. The Labute approximate surface area is 133 Å². The lowest BCUT2D eigenvalue weighted by Crippen LogP contribution is -2.14. The van der Waals surface area contributed by atoms with Gasteiger partial charge in [0.25, 0.3) is 0 Å². The van der Waals surface area contributed by atoms with Crippen molar-refractivity contribution in [1.29, 1.82) is 0 Å². The predicted octanol–water partition coefficient (Wildman–Crippen LogP) is 3.65. The first-order valence-corrected chi connectivity index (χ1v) is 7.78. The van der Waals surface area contributed by atoms with Gasteiger partial charge in [0, 0.05) is 23.0 Å². The van der Waals surface area contributed by atoms with Crippen LogP contribution in [0.5, 0.6) is 0 Å². The summed E-state index contributed by atoms with van der Waals surface area (Å²) < 4.78 is 1.06. The average molecular weight is 350 g/mol. The van der Waals surface area contributed by atoms with Crippen LogP contribution in [0.4, 0.5) is 11.6 Å². The van der Waals surface area contributed by atoms with Gasteiger partial charge >= 0.3 is 0 Å². The molecule has 1 unspecified atom stereocenters. The van der Waals surface area contributed by atoms with Crippen molar-refractivity contribution in [3.05, 3.63) is 46.2 Å². The summed E-state index contributed by atoms with van der Waals surface area (Å²) in [5.41, 5.74) is 3.77. The van der Waals surface area contributed by atoms with E-state index in [0.717, 1.165) is 29.0 Å². The lowest BCUT2D eigenvalue weighted by atomic mass is 10.1. The van der Waals surface area contributed by atoms with E-state index in [2.05, 4.69) is 62.6 Å². The molecule has 0 amide bonds. The highest BCUT2D eigenvalue weighted by Gasteiger charge is 2.09. The summed E-state index contributed by atoms with van der Waals surface area (Å²) in [6, 6.07) is 10.2. The molecular weight excluding hydrogens is 330 g/mol. The average Bonchev–Trinajstić information content (AvgIpc) is 2.47. The van der Waals surface area contributed by atoms with E-state index >= 15 is 0 Å². The van der Waals surface area contributed by atoms with E-state index < -0.39 is 0 Å². The Hall–Kier alpha value is -1.66. The predicted molar refractivity (Wildman–Crippen MR) is 90.0 cm³/mol. The van der Waals surface area contributed by atoms with Crippen LogP contribution in [0, 0.1) is 0 Å². The van der Waals surface area contributed by atoms with Gasteiger partial charge in [-0.3, -0.25) is 0 Å².